The summed E-state index contributed by atoms with van der Waals surface area (Å²) in [7, 11) is -1.74. The van der Waals surface area contributed by atoms with Gasteiger partial charge in [-0.25, -0.2) is 0 Å². The lowest BCUT2D eigenvalue weighted by Crippen LogP contribution is -2.30. The highest BCUT2D eigenvalue weighted by atomic mass is 28.3. The topological polar surface area (TPSA) is 33.1 Å². The molecule has 1 N–H and O–H groups in total. The molecule has 3 aromatic rings. The fourth-order valence-electron chi connectivity index (χ4n) is 3.18. The highest BCUT2D eigenvalue weighted by Gasteiger charge is 2.33. The Morgan fingerprint density at radius 1 is 0.846 bits per heavy atom. The molecule has 132 valence electrons. The molecule has 0 spiro atoms. The number of hydrogen-bond acceptors (Lipinski definition) is 2. The molecular weight excluding hydrogens is 334 g/mol. The quantitative estimate of drug-likeness (QED) is 0.629. The number of hydrogen-bond donors (Lipinski definition) is 1. The van der Waals surface area contributed by atoms with Crippen molar-refractivity contribution < 1.29 is 5.11 Å². The predicted octanol–water partition coefficient (Wildman–Crippen LogP) is 5.28. The minimum atomic E-state index is -1.74. The number of pyridine rings is 1. The Kier molecular flexibility index (Phi) is 5.21. The minimum absolute atomic E-state index is 0.867. The molecule has 2 aromatic carbocycles. The number of aromatic nitrogens is 1. The Balaban J connectivity index is 2.26. The molecule has 1 heterocycles. The molecule has 1 aromatic heterocycles. The van der Waals surface area contributed by atoms with Crippen LogP contribution in [0.25, 0.3) is 5.20 Å². The molecule has 0 saturated heterocycles. The molecule has 2 nitrogen and oxygen atoms in total. The number of nitrogens with zero attached hydrogens (tertiary/aromatic N) is 1. The van der Waals surface area contributed by atoms with Gasteiger partial charge < -0.3 is 5.11 Å². The number of aliphatic hydroxyl groups is 1. The summed E-state index contributed by atoms with van der Waals surface area (Å²) in [6.45, 7) is 6.88. The summed E-state index contributed by atoms with van der Waals surface area (Å²) in [5.74, 6) is 0. The lowest BCUT2D eigenvalue weighted by atomic mass is 9.85. The molecule has 0 aliphatic heterocycles. The maximum absolute atomic E-state index is 11.9. The fraction of sp³-hybridized carbons (Fsp3) is 0.174. The Labute approximate surface area is 156 Å². The summed E-state index contributed by atoms with van der Waals surface area (Å²) in [6, 6.07) is 23.8. The summed E-state index contributed by atoms with van der Waals surface area (Å²) in [6.07, 6.45) is 5.72. The highest BCUT2D eigenvalue weighted by Crippen LogP contribution is 2.36. The molecule has 0 saturated carbocycles. The van der Waals surface area contributed by atoms with Crippen LogP contribution in [0, 0.1) is 0 Å². The predicted molar refractivity (Wildman–Crippen MR) is 111 cm³/mol. The van der Waals surface area contributed by atoms with E-state index in [1.54, 1.807) is 6.20 Å². The molecule has 0 atom stereocenters. The first kappa shape index (κ1) is 18.3. The summed E-state index contributed by atoms with van der Waals surface area (Å²) < 4.78 is 0. The Hall–Kier alpha value is -2.49. The van der Waals surface area contributed by atoms with Gasteiger partial charge in [0.25, 0.3) is 0 Å². The van der Waals surface area contributed by atoms with Crippen LogP contribution in [-0.4, -0.2) is 18.2 Å². The van der Waals surface area contributed by atoms with E-state index in [0.29, 0.717) is 0 Å². The second-order valence-corrected chi connectivity index (χ2v) is 12.6. The maximum Gasteiger partial charge on any atom is 0.133 e. The third-order valence-electron chi connectivity index (χ3n) is 4.56. The van der Waals surface area contributed by atoms with Crippen molar-refractivity contribution in [3.8, 4) is 0 Å². The van der Waals surface area contributed by atoms with Gasteiger partial charge in [0.15, 0.2) is 0 Å². The molecule has 3 rings (SSSR count). The van der Waals surface area contributed by atoms with Crippen molar-refractivity contribution >= 4 is 13.3 Å². The molecule has 0 amide bonds. The van der Waals surface area contributed by atoms with Crippen LogP contribution in [0.5, 0.6) is 0 Å². The molecular formula is C23H25NOSi. The van der Waals surface area contributed by atoms with Gasteiger partial charge in [0.2, 0.25) is 0 Å². The van der Waals surface area contributed by atoms with Crippen LogP contribution in [0.15, 0.2) is 91.3 Å². The second-order valence-electron chi connectivity index (χ2n) is 7.55. The van der Waals surface area contributed by atoms with Gasteiger partial charge in [0, 0.05) is 12.4 Å². The van der Waals surface area contributed by atoms with Crippen molar-refractivity contribution in [3.05, 3.63) is 108 Å². The maximum atomic E-state index is 11.9. The lowest BCUT2D eigenvalue weighted by molar-refractivity contribution is 0.135. The van der Waals surface area contributed by atoms with Gasteiger partial charge in [-0.05, 0) is 28.8 Å². The van der Waals surface area contributed by atoms with Crippen LogP contribution in [-0.2, 0) is 5.60 Å². The largest absolute Gasteiger partial charge is 0.377 e. The number of benzene rings is 2. The van der Waals surface area contributed by atoms with E-state index in [1.807, 2.05) is 79.0 Å². The van der Waals surface area contributed by atoms with Crippen LogP contribution >= 0.6 is 0 Å². The van der Waals surface area contributed by atoms with Gasteiger partial charge in [-0.15, -0.1) is 0 Å². The molecule has 0 aliphatic carbocycles. The summed E-state index contributed by atoms with van der Waals surface area (Å²) in [5.41, 5.74) is 1.63. The first-order valence-corrected chi connectivity index (χ1v) is 12.4. The van der Waals surface area contributed by atoms with Gasteiger partial charge in [-0.2, -0.15) is 0 Å². The third-order valence-corrected chi connectivity index (χ3v) is 6.61. The first-order valence-electron chi connectivity index (χ1n) is 8.88. The molecule has 0 aliphatic rings. The van der Waals surface area contributed by atoms with Gasteiger partial charge in [-0.3, -0.25) is 4.98 Å². The zero-order valence-electron chi connectivity index (χ0n) is 15.6. The first-order chi connectivity index (χ1) is 12.4. The zero-order chi connectivity index (χ0) is 18.6. The third kappa shape index (κ3) is 3.84. The second kappa shape index (κ2) is 7.40. The van der Waals surface area contributed by atoms with Gasteiger partial charge in [0.1, 0.15) is 5.60 Å². The molecule has 0 fully saturated rings. The van der Waals surface area contributed by atoms with E-state index in [-0.39, 0.29) is 0 Å². The minimum Gasteiger partial charge on any atom is -0.377 e. The van der Waals surface area contributed by atoms with E-state index >= 15 is 0 Å². The van der Waals surface area contributed by atoms with Crippen LogP contribution < -0.4 is 0 Å². The highest BCUT2D eigenvalue weighted by molar-refractivity contribution is 6.93. The van der Waals surface area contributed by atoms with Crippen molar-refractivity contribution in [3.63, 3.8) is 0 Å². The van der Waals surface area contributed by atoms with Crippen molar-refractivity contribution in [1.29, 1.82) is 0 Å². The monoisotopic (exact) mass is 359 g/mol. The van der Waals surface area contributed by atoms with Crippen molar-refractivity contribution in [2.75, 3.05) is 0 Å². The molecule has 0 radical (unpaired) electrons. The zero-order valence-corrected chi connectivity index (χ0v) is 16.6. The average molecular weight is 360 g/mol. The Bertz CT molecular complexity index is 829. The van der Waals surface area contributed by atoms with E-state index in [2.05, 4.69) is 30.7 Å². The molecule has 26 heavy (non-hydrogen) atoms. The number of rotatable bonds is 5. The molecule has 0 unspecified atom stereocenters. The standard InChI is InChI=1S/C23H25NOSi/c1-26(2,3)22(19-11-10-16-24-18-19)17-23(25,20-12-6-4-7-13-20)21-14-8-5-9-15-21/h4-18,25H,1-3H3/b22-17-. The van der Waals surface area contributed by atoms with Gasteiger partial charge in [-0.1, -0.05) is 91.6 Å². The van der Waals surface area contributed by atoms with E-state index in [1.165, 1.54) is 5.20 Å². The molecule has 3 heteroatoms. The smallest absolute Gasteiger partial charge is 0.133 e. The van der Waals surface area contributed by atoms with Gasteiger partial charge in [0.05, 0.1) is 8.07 Å². The molecule has 0 bridgehead atoms. The van der Waals surface area contributed by atoms with Crippen molar-refractivity contribution in [2.45, 2.75) is 25.2 Å². The van der Waals surface area contributed by atoms with E-state index in [4.69, 9.17) is 0 Å². The SMILES string of the molecule is C[Si](C)(C)/C(=C\C(O)(c1ccccc1)c1ccccc1)c1cccnc1. The van der Waals surface area contributed by atoms with Crippen LogP contribution in [0.2, 0.25) is 19.6 Å². The van der Waals surface area contributed by atoms with E-state index < -0.39 is 13.7 Å². The Morgan fingerprint density at radius 3 is 1.81 bits per heavy atom. The van der Waals surface area contributed by atoms with Crippen molar-refractivity contribution in [2.24, 2.45) is 0 Å². The van der Waals surface area contributed by atoms with Crippen LogP contribution in [0.3, 0.4) is 0 Å². The Morgan fingerprint density at radius 2 is 1.38 bits per heavy atom. The van der Waals surface area contributed by atoms with E-state index in [9.17, 15) is 5.11 Å². The van der Waals surface area contributed by atoms with Gasteiger partial charge >= 0.3 is 0 Å². The lowest BCUT2D eigenvalue weighted by Gasteiger charge is -2.31. The van der Waals surface area contributed by atoms with Crippen molar-refractivity contribution in [1.82, 2.24) is 4.98 Å². The summed E-state index contributed by atoms with van der Waals surface area (Å²) >= 11 is 0. The normalized spacial score (nSPS) is 12.8. The summed E-state index contributed by atoms with van der Waals surface area (Å²) in [5, 5.41) is 13.1. The van der Waals surface area contributed by atoms with E-state index in [0.717, 1.165) is 16.7 Å². The van der Waals surface area contributed by atoms with Crippen LogP contribution in [0.1, 0.15) is 16.7 Å². The van der Waals surface area contributed by atoms with Crippen LogP contribution in [0.4, 0.5) is 0 Å². The fourth-order valence-corrected chi connectivity index (χ4v) is 4.84. The summed E-state index contributed by atoms with van der Waals surface area (Å²) in [4.78, 5) is 4.29. The average Bonchev–Trinajstić information content (AvgIpc) is 2.67.